The van der Waals surface area contributed by atoms with Crippen LogP contribution in [-0.4, -0.2) is 58.9 Å². The summed E-state index contributed by atoms with van der Waals surface area (Å²) in [5.74, 6) is -0.964. The molecule has 1 amide bonds. The summed E-state index contributed by atoms with van der Waals surface area (Å²) in [4.78, 5) is 26.1. The van der Waals surface area contributed by atoms with E-state index in [9.17, 15) is 9.59 Å². The van der Waals surface area contributed by atoms with Crippen LogP contribution in [0.2, 0.25) is 0 Å². The Bertz CT molecular complexity index is 893. The van der Waals surface area contributed by atoms with Crippen LogP contribution in [-0.2, 0) is 14.3 Å². The van der Waals surface area contributed by atoms with Gasteiger partial charge in [-0.05, 0) is 37.9 Å². The first-order chi connectivity index (χ1) is 12.0. The summed E-state index contributed by atoms with van der Waals surface area (Å²) < 4.78 is 6.28. The molecule has 0 saturated carbocycles. The van der Waals surface area contributed by atoms with Crippen LogP contribution in [0.5, 0.6) is 0 Å². The molecule has 0 radical (unpaired) electrons. The molecule has 1 aromatic carbocycles. The molecule has 132 valence electrons. The maximum Gasteiger partial charge on any atom is 0.337 e. The summed E-state index contributed by atoms with van der Waals surface area (Å²) in [6.45, 7) is 0.0195. The van der Waals surface area contributed by atoms with E-state index >= 15 is 0 Å². The van der Waals surface area contributed by atoms with E-state index in [4.69, 9.17) is 9.84 Å². The molecule has 1 aliphatic rings. The van der Waals surface area contributed by atoms with Crippen LogP contribution in [0.3, 0.4) is 0 Å². The summed E-state index contributed by atoms with van der Waals surface area (Å²) in [6, 6.07) is 1.81. The first-order valence-corrected chi connectivity index (χ1v) is 8.86. The lowest BCUT2D eigenvalue weighted by Gasteiger charge is -2.15. The summed E-state index contributed by atoms with van der Waals surface area (Å²) in [7, 11) is 1.26. The summed E-state index contributed by atoms with van der Waals surface area (Å²) in [6.07, 6.45) is 1.62. The second-order valence-corrected chi connectivity index (χ2v) is 7.00. The van der Waals surface area contributed by atoms with Gasteiger partial charge in [-0.25, -0.2) is 4.79 Å². The number of benzene rings is 1. The minimum atomic E-state index is -0.590. The molecule has 0 unspecified atom stereocenters. The van der Waals surface area contributed by atoms with E-state index in [-0.39, 0.29) is 36.9 Å². The van der Waals surface area contributed by atoms with E-state index in [0.717, 1.165) is 15.4 Å². The molecule has 0 bridgehead atoms. The number of β-amino-alcohol motifs (C(OH)–C–C–N with tert-alkyl or cyclic N) is 1. The number of aromatic nitrogens is 2. The van der Waals surface area contributed by atoms with Gasteiger partial charge in [0.1, 0.15) is 5.70 Å². The number of nitrogens with one attached hydrogen (secondary N) is 2. The number of hydrogen-bond acceptors (Lipinski definition) is 6. The van der Waals surface area contributed by atoms with E-state index in [2.05, 4.69) is 47.4 Å². The van der Waals surface area contributed by atoms with Crippen molar-refractivity contribution in [2.75, 3.05) is 32.1 Å². The van der Waals surface area contributed by atoms with Crippen molar-refractivity contribution in [1.29, 1.82) is 0 Å². The molecular weight excluding hydrogens is 460 g/mol. The van der Waals surface area contributed by atoms with E-state index in [1.165, 1.54) is 12.0 Å². The Labute approximate surface area is 159 Å². The maximum atomic E-state index is 12.6. The number of methoxy groups -OCH3 is 1. The highest BCUT2D eigenvalue weighted by Gasteiger charge is 2.35. The Morgan fingerprint density at radius 3 is 2.92 bits per heavy atom. The molecule has 8 nitrogen and oxygen atoms in total. The zero-order valence-corrected chi connectivity index (χ0v) is 16.3. The largest absolute Gasteiger partial charge is 0.466 e. The molecule has 3 rings (SSSR count). The highest BCUT2D eigenvalue weighted by atomic mass is 79.9. The van der Waals surface area contributed by atoms with E-state index in [0.29, 0.717) is 10.2 Å². The van der Waals surface area contributed by atoms with Gasteiger partial charge in [-0.15, -0.1) is 0 Å². The average molecular weight is 474 g/mol. The van der Waals surface area contributed by atoms with Crippen LogP contribution >= 0.6 is 31.9 Å². The fraction of sp³-hybridized carbons (Fsp3) is 0.267. The van der Waals surface area contributed by atoms with Crippen molar-refractivity contribution < 1.29 is 19.4 Å². The van der Waals surface area contributed by atoms with Crippen molar-refractivity contribution in [2.24, 2.45) is 0 Å². The predicted molar refractivity (Wildman–Crippen MR) is 97.8 cm³/mol. The summed E-state index contributed by atoms with van der Waals surface area (Å²) in [5.41, 5.74) is 1.70. The molecule has 2 aromatic rings. The number of H-pyrrole nitrogens is 1. The number of rotatable bonds is 5. The fourth-order valence-electron chi connectivity index (χ4n) is 2.64. The Hall–Kier alpha value is -1.91. The lowest BCUT2D eigenvalue weighted by Crippen LogP contribution is -2.31. The number of aliphatic hydroxyl groups is 1. The molecule has 0 atom stereocenters. The van der Waals surface area contributed by atoms with Crippen molar-refractivity contribution in [3.8, 4) is 0 Å². The normalized spacial score (nSPS) is 14.6. The number of aliphatic hydroxyl groups excluding tert-OH is 1. The quantitative estimate of drug-likeness (QED) is 0.571. The van der Waals surface area contributed by atoms with Gasteiger partial charge in [-0.3, -0.25) is 9.89 Å². The van der Waals surface area contributed by atoms with Crippen LogP contribution in [0.1, 0.15) is 0 Å². The van der Waals surface area contributed by atoms with Crippen LogP contribution < -0.4 is 5.32 Å². The van der Waals surface area contributed by atoms with Gasteiger partial charge in [0.15, 0.2) is 0 Å². The first kappa shape index (κ1) is 17.9. The van der Waals surface area contributed by atoms with Crippen molar-refractivity contribution in [3.63, 3.8) is 0 Å². The Morgan fingerprint density at radius 2 is 2.24 bits per heavy atom. The van der Waals surface area contributed by atoms with Gasteiger partial charge in [0.2, 0.25) is 0 Å². The van der Waals surface area contributed by atoms with Crippen LogP contribution in [0, 0.1) is 0 Å². The molecule has 0 aliphatic carbocycles. The molecule has 0 spiro atoms. The smallest absolute Gasteiger partial charge is 0.337 e. The minimum Gasteiger partial charge on any atom is -0.466 e. The number of carbonyl (C=O) groups excluding carboxylic acids is 2. The predicted octanol–water partition coefficient (Wildman–Crippen LogP) is 1.76. The van der Waals surface area contributed by atoms with Crippen LogP contribution in [0.25, 0.3) is 10.9 Å². The molecule has 25 heavy (non-hydrogen) atoms. The Morgan fingerprint density at radius 1 is 1.48 bits per heavy atom. The second kappa shape index (κ2) is 7.14. The molecule has 1 aliphatic heterocycles. The van der Waals surface area contributed by atoms with Gasteiger partial charge in [0.05, 0.1) is 43.2 Å². The maximum absolute atomic E-state index is 12.6. The fourth-order valence-corrected chi connectivity index (χ4v) is 4.02. The number of fused-ring (bicyclic) bond motifs is 1. The standard InChI is InChI=1S/C15H14Br2N4O4/c1-25-15(24)8-6-21(2-3-22)14(23)13(8)19-11-7-5-18-20-12(7)10(17)4-9(11)16/h4-5,19,22H,2-3,6H2,1H3,(H,18,20). The molecule has 0 fully saturated rings. The highest BCUT2D eigenvalue weighted by molar-refractivity contribution is 9.11. The number of nitrogens with zero attached hydrogens (tertiary/aromatic N) is 2. The highest BCUT2D eigenvalue weighted by Crippen LogP contribution is 2.37. The van der Waals surface area contributed by atoms with Crippen LogP contribution in [0.4, 0.5) is 5.69 Å². The van der Waals surface area contributed by atoms with Gasteiger partial charge in [0, 0.05) is 20.9 Å². The van der Waals surface area contributed by atoms with Gasteiger partial charge < -0.3 is 20.1 Å². The molecule has 2 heterocycles. The number of aromatic amines is 1. The number of carbonyl (C=O) groups is 2. The average Bonchev–Trinajstić information content (AvgIpc) is 3.18. The third kappa shape index (κ3) is 3.16. The number of ether oxygens (including phenoxy) is 1. The SMILES string of the molecule is COC(=O)C1=C(Nc2c(Br)cc(Br)c3[nH]ncc23)C(=O)N(CCO)C1. The van der Waals surface area contributed by atoms with Crippen molar-refractivity contribution in [2.45, 2.75) is 0 Å². The summed E-state index contributed by atoms with van der Waals surface area (Å²) in [5, 5.41) is 19.8. The molecular formula is C15H14Br2N4O4. The monoisotopic (exact) mass is 472 g/mol. The zero-order chi connectivity index (χ0) is 18.1. The number of amides is 1. The van der Waals surface area contributed by atoms with Crippen molar-refractivity contribution >= 4 is 60.3 Å². The Kier molecular flexibility index (Phi) is 5.11. The van der Waals surface area contributed by atoms with Crippen LogP contribution in [0.15, 0.2) is 32.5 Å². The zero-order valence-electron chi connectivity index (χ0n) is 13.1. The molecule has 3 N–H and O–H groups in total. The summed E-state index contributed by atoms with van der Waals surface area (Å²) >= 11 is 6.91. The van der Waals surface area contributed by atoms with Gasteiger partial charge in [-0.1, -0.05) is 0 Å². The first-order valence-electron chi connectivity index (χ1n) is 7.27. The van der Waals surface area contributed by atoms with Crippen molar-refractivity contribution in [1.82, 2.24) is 15.1 Å². The van der Waals surface area contributed by atoms with E-state index in [1.807, 2.05) is 6.07 Å². The minimum absolute atomic E-state index is 0.0804. The lowest BCUT2D eigenvalue weighted by molar-refractivity contribution is -0.136. The molecule has 0 saturated heterocycles. The molecule has 10 heteroatoms. The Balaban J connectivity index is 2.07. The van der Waals surface area contributed by atoms with E-state index < -0.39 is 5.97 Å². The van der Waals surface area contributed by atoms with Gasteiger partial charge in [-0.2, -0.15) is 5.10 Å². The number of esters is 1. The second-order valence-electron chi connectivity index (χ2n) is 5.29. The van der Waals surface area contributed by atoms with Gasteiger partial charge >= 0.3 is 5.97 Å². The third-order valence-corrected chi connectivity index (χ3v) is 5.09. The molecule has 1 aromatic heterocycles. The van der Waals surface area contributed by atoms with Crippen molar-refractivity contribution in [3.05, 3.63) is 32.5 Å². The number of hydrogen-bond donors (Lipinski definition) is 3. The van der Waals surface area contributed by atoms with Gasteiger partial charge in [0.25, 0.3) is 5.91 Å². The third-order valence-electron chi connectivity index (χ3n) is 3.84. The lowest BCUT2D eigenvalue weighted by atomic mass is 10.2. The van der Waals surface area contributed by atoms with E-state index in [1.54, 1.807) is 6.20 Å². The number of halogens is 2. The topological polar surface area (TPSA) is 108 Å². The number of anilines is 1.